The Balaban J connectivity index is 2.16. The minimum absolute atomic E-state index is 1.08. The molecule has 0 spiro atoms. The highest BCUT2D eigenvalue weighted by atomic mass is 14.2. The normalized spacial score (nSPS) is 18.0. The van der Waals surface area contributed by atoms with Gasteiger partial charge in [-0.15, -0.1) is 0 Å². The van der Waals surface area contributed by atoms with Crippen molar-refractivity contribution in [1.82, 2.24) is 0 Å². The van der Waals surface area contributed by atoms with Crippen molar-refractivity contribution >= 4 is 5.57 Å². The van der Waals surface area contributed by atoms with Crippen LogP contribution < -0.4 is 0 Å². The lowest BCUT2D eigenvalue weighted by molar-refractivity contribution is 1.25. The Hall–Kier alpha value is -1.56. The summed E-state index contributed by atoms with van der Waals surface area (Å²) in [6.45, 7) is 0. The van der Waals surface area contributed by atoms with Crippen LogP contribution in [-0.4, -0.2) is 0 Å². The van der Waals surface area contributed by atoms with E-state index in [-0.39, 0.29) is 0 Å². The first kappa shape index (κ1) is 7.81. The summed E-state index contributed by atoms with van der Waals surface area (Å²) in [4.78, 5) is 0. The van der Waals surface area contributed by atoms with Crippen LogP contribution in [0.15, 0.2) is 54.1 Å². The number of fused-ring (bicyclic) bond motifs is 2. The molecular weight excluding hydrogens is 168 g/mol. The van der Waals surface area contributed by atoms with Crippen molar-refractivity contribution in [1.29, 1.82) is 0 Å². The predicted octanol–water partition coefficient (Wildman–Crippen LogP) is 3.51. The highest BCUT2D eigenvalue weighted by molar-refractivity contribution is 5.79. The first-order valence-electron chi connectivity index (χ1n) is 5.08. The third-order valence-electron chi connectivity index (χ3n) is 2.98. The number of rotatable bonds is 0. The number of allylic oxidation sites excluding steroid dienone is 6. The fourth-order valence-electron chi connectivity index (χ4n) is 2.29. The van der Waals surface area contributed by atoms with E-state index in [1.165, 1.54) is 22.3 Å². The summed E-state index contributed by atoms with van der Waals surface area (Å²) in [7, 11) is 0. The molecule has 0 radical (unpaired) electrons. The molecule has 0 aromatic heterocycles. The van der Waals surface area contributed by atoms with E-state index < -0.39 is 0 Å². The zero-order chi connectivity index (χ0) is 9.38. The lowest BCUT2D eigenvalue weighted by Gasteiger charge is -2.01. The Bertz CT molecular complexity index is 459. The van der Waals surface area contributed by atoms with Crippen molar-refractivity contribution in [2.75, 3.05) is 0 Å². The first-order chi connectivity index (χ1) is 6.95. The Labute approximate surface area is 84.3 Å². The lowest BCUT2D eigenvalue weighted by Crippen LogP contribution is -1.82. The lowest BCUT2D eigenvalue weighted by atomic mass is 10.0. The van der Waals surface area contributed by atoms with Crippen LogP contribution >= 0.6 is 0 Å². The van der Waals surface area contributed by atoms with Crippen LogP contribution in [0.2, 0.25) is 0 Å². The second kappa shape index (κ2) is 2.98. The summed E-state index contributed by atoms with van der Waals surface area (Å²) in [5, 5.41) is 0. The molecule has 0 fully saturated rings. The summed E-state index contributed by atoms with van der Waals surface area (Å²) < 4.78 is 0. The number of hydrogen-bond donors (Lipinski definition) is 0. The van der Waals surface area contributed by atoms with Crippen molar-refractivity contribution < 1.29 is 0 Å². The van der Waals surface area contributed by atoms with E-state index in [0.717, 1.165) is 12.8 Å². The first-order valence-corrected chi connectivity index (χ1v) is 5.08. The molecule has 1 aromatic carbocycles. The van der Waals surface area contributed by atoms with Gasteiger partial charge in [-0.2, -0.15) is 0 Å². The average molecular weight is 180 g/mol. The fraction of sp³-hybridized carbons (Fsp3) is 0.143. The molecule has 0 amide bonds. The largest absolute Gasteiger partial charge is 0.0801 e. The molecular formula is C14H12. The van der Waals surface area contributed by atoms with Gasteiger partial charge >= 0.3 is 0 Å². The van der Waals surface area contributed by atoms with Crippen LogP contribution in [0.4, 0.5) is 0 Å². The molecule has 1 aromatic rings. The van der Waals surface area contributed by atoms with Crippen LogP contribution in [0.3, 0.4) is 0 Å². The van der Waals surface area contributed by atoms with Gasteiger partial charge in [-0.05, 0) is 35.1 Å². The van der Waals surface area contributed by atoms with E-state index in [4.69, 9.17) is 0 Å². The van der Waals surface area contributed by atoms with Crippen LogP contribution in [0.25, 0.3) is 5.57 Å². The molecule has 0 N–H and O–H groups in total. The summed E-state index contributed by atoms with van der Waals surface area (Å²) in [5.41, 5.74) is 5.96. The van der Waals surface area contributed by atoms with E-state index in [9.17, 15) is 0 Å². The standard InChI is InChI=1S/C14H12/c1-2-6-11-10-12-7-4-5-9-14(12)13(11)8-3-1/h1-7,9H,8,10H2. The molecule has 2 aliphatic rings. The molecule has 68 valence electrons. The molecule has 0 aliphatic heterocycles. The molecule has 0 bridgehead atoms. The highest BCUT2D eigenvalue weighted by Gasteiger charge is 2.18. The SMILES string of the molecule is C1=CCC2=C(C=C1)Cc1ccccc12. The third kappa shape index (κ3) is 1.07. The second-order valence-corrected chi connectivity index (χ2v) is 3.83. The van der Waals surface area contributed by atoms with Crippen LogP contribution in [-0.2, 0) is 6.42 Å². The van der Waals surface area contributed by atoms with E-state index in [1.54, 1.807) is 0 Å². The molecule has 14 heavy (non-hydrogen) atoms. The van der Waals surface area contributed by atoms with Gasteiger partial charge in [0, 0.05) is 0 Å². The molecule has 0 saturated heterocycles. The smallest absolute Gasteiger partial charge is 0.00167 e. The Kier molecular flexibility index (Phi) is 1.66. The number of hydrogen-bond acceptors (Lipinski definition) is 0. The maximum Gasteiger partial charge on any atom is -0.00167 e. The minimum Gasteiger partial charge on any atom is -0.0801 e. The monoisotopic (exact) mass is 180 g/mol. The number of benzene rings is 1. The molecule has 0 atom stereocenters. The summed E-state index contributed by atoms with van der Waals surface area (Å²) in [6.07, 6.45) is 11.0. The van der Waals surface area contributed by atoms with Gasteiger partial charge in [0.1, 0.15) is 0 Å². The van der Waals surface area contributed by atoms with Gasteiger partial charge in [0.15, 0.2) is 0 Å². The van der Waals surface area contributed by atoms with E-state index >= 15 is 0 Å². The third-order valence-corrected chi connectivity index (χ3v) is 2.98. The summed E-state index contributed by atoms with van der Waals surface area (Å²) in [6, 6.07) is 8.74. The van der Waals surface area contributed by atoms with E-state index in [2.05, 4.69) is 48.6 Å². The van der Waals surface area contributed by atoms with Gasteiger partial charge in [-0.25, -0.2) is 0 Å². The molecule has 0 saturated carbocycles. The van der Waals surface area contributed by atoms with Gasteiger partial charge in [0.25, 0.3) is 0 Å². The molecule has 0 heterocycles. The van der Waals surface area contributed by atoms with Crippen molar-refractivity contribution in [2.45, 2.75) is 12.8 Å². The summed E-state index contributed by atoms with van der Waals surface area (Å²) in [5.74, 6) is 0. The average Bonchev–Trinajstić information content (AvgIpc) is 2.42. The van der Waals surface area contributed by atoms with Crippen LogP contribution in [0.1, 0.15) is 17.5 Å². The van der Waals surface area contributed by atoms with Crippen molar-refractivity contribution in [3.8, 4) is 0 Å². The molecule has 2 aliphatic carbocycles. The van der Waals surface area contributed by atoms with Gasteiger partial charge in [-0.3, -0.25) is 0 Å². The highest BCUT2D eigenvalue weighted by Crippen LogP contribution is 2.36. The Morgan fingerprint density at radius 3 is 2.93 bits per heavy atom. The topological polar surface area (TPSA) is 0 Å². The molecule has 0 nitrogen and oxygen atoms in total. The zero-order valence-electron chi connectivity index (χ0n) is 8.03. The summed E-state index contributed by atoms with van der Waals surface area (Å²) >= 11 is 0. The van der Waals surface area contributed by atoms with E-state index in [0.29, 0.717) is 0 Å². The molecule has 0 unspecified atom stereocenters. The quantitative estimate of drug-likeness (QED) is 0.573. The Morgan fingerprint density at radius 1 is 1.00 bits per heavy atom. The van der Waals surface area contributed by atoms with Crippen molar-refractivity contribution in [3.63, 3.8) is 0 Å². The van der Waals surface area contributed by atoms with Crippen molar-refractivity contribution in [2.24, 2.45) is 0 Å². The zero-order valence-corrected chi connectivity index (χ0v) is 8.03. The van der Waals surface area contributed by atoms with Gasteiger partial charge in [0.2, 0.25) is 0 Å². The maximum atomic E-state index is 2.25. The second-order valence-electron chi connectivity index (χ2n) is 3.83. The van der Waals surface area contributed by atoms with Crippen molar-refractivity contribution in [3.05, 3.63) is 65.3 Å². The predicted molar refractivity (Wildman–Crippen MR) is 60.0 cm³/mol. The van der Waals surface area contributed by atoms with Crippen LogP contribution in [0, 0.1) is 0 Å². The Morgan fingerprint density at radius 2 is 1.93 bits per heavy atom. The van der Waals surface area contributed by atoms with Gasteiger partial charge in [-0.1, -0.05) is 48.6 Å². The van der Waals surface area contributed by atoms with Gasteiger partial charge in [0.05, 0.1) is 0 Å². The minimum atomic E-state index is 1.08. The fourth-order valence-corrected chi connectivity index (χ4v) is 2.29. The van der Waals surface area contributed by atoms with Gasteiger partial charge < -0.3 is 0 Å². The van der Waals surface area contributed by atoms with Crippen LogP contribution in [0.5, 0.6) is 0 Å². The maximum absolute atomic E-state index is 2.25. The molecule has 0 heteroatoms. The van der Waals surface area contributed by atoms with E-state index in [1.807, 2.05) is 0 Å². The molecule has 3 rings (SSSR count).